The topological polar surface area (TPSA) is 41.6 Å². The molecule has 1 unspecified atom stereocenters. The molecule has 0 saturated carbocycles. The van der Waals surface area contributed by atoms with E-state index in [1.54, 1.807) is 18.9 Å². The van der Waals surface area contributed by atoms with E-state index in [1.165, 1.54) is 5.56 Å². The van der Waals surface area contributed by atoms with Gasteiger partial charge in [-0.15, -0.1) is 0 Å². The van der Waals surface area contributed by atoms with Gasteiger partial charge >= 0.3 is 0 Å². The van der Waals surface area contributed by atoms with Crippen LogP contribution >= 0.6 is 11.8 Å². The van der Waals surface area contributed by atoms with Crippen molar-refractivity contribution in [3.8, 4) is 5.75 Å². The summed E-state index contributed by atoms with van der Waals surface area (Å²) in [4.78, 5) is 13.9. The van der Waals surface area contributed by atoms with Crippen molar-refractivity contribution in [1.29, 1.82) is 0 Å². The lowest BCUT2D eigenvalue weighted by Crippen LogP contribution is -2.34. The molecule has 0 saturated heterocycles. The Morgan fingerprint density at radius 1 is 1.33 bits per heavy atom. The number of nitrogens with one attached hydrogen (secondary N) is 1. The molecule has 0 bridgehead atoms. The highest BCUT2D eigenvalue weighted by molar-refractivity contribution is 7.98. The quantitative estimate of drug-likeness (QED) is 0.712. The molecular formula is C16H26N2O2S. The van der Waals surface area contributed by atoms with Gasteiger partial charge in [0, 0.05) is 13.0 Å². The largest absolute Gasteiger partial charge is 0.497 e. The summed E-state index contributed by atoms with van der Waals surface area (Å²) in [6, 6.07) is 8.16. The van der Waals surface area contributed by atoms with Crippen LogP contribution in [0.15, 0.2) is 24.3 Å². The number of benzene rings is 1. The van der Waals surface area contributed by atoms with Crippen LogP contribution in [0.25, 0.3) is 0 Å². The number of methoxy groups -OCH3 is 1. The van der Waals surface area contributed by atoms with Crippen LogP contribution in [0.2, 0.25) is 0 Å². The number of thioether (sulfide) groups is 1. The monoisotopic (exact) mass is 310 g/mol. The summed E-state index contributed by atoms with van der Waals surface area (Å²) >= 11 is 1.77. The third-order valence-electron chi connectivity index (χ3n) is 3.37. The average Bonchev–Trinajstić information content (AvgIpc) is 2.48. The van der Waals surface area contributed by atoms with Crippen LogP contribution in [0.1, 0.15) is 24.4 Å². The van der Waals surface area contributed by atoms with Gasteiger partial charge < -0.3 is 15.0 Å². The highest BCUT2D eigenvalue weighted by atomic mass is 32.2. The minimum Gasteiger partial charge on any atom is -0.497 e. The molecule has 0 fully saturated rings. The van der Waals surface area contributed by atoms with Crippen LogP contribution in [-0.4, -0.2) is 50.6 Å². The number of ether oxygens (including phenoxy) is 1. The molecule has 1 amide bonds. The molecule has 0 radical (unpaired) electrons. The molecule has 1 atom stereocenters. The molecule has 0 aliphatic rings. The van der Waals surface area contributed by atoms with Crippen LogP contribution in [0.4, 0.5) is 0 Å². The van der Waals surface area contributed by atoms with Crippen molar-refractivity contribution < 1.29 is 9.53 Å². The summed E-state index contributed by atoms with van der Waals surface area (Å²) in [5.41, 5.74) is 1.17. The van der Waals surface area contributed by atoms with Crippen molar-refractivity contribution in [2.75, 3.05) is 39.8 Å². The Labute approximate surface area is 132 Å². The molecule has 0 aromatic heterocycles. The van der Waals surface area contributed by atoms with Crippen molar-refractivity contribution in [2.24, 2.45) is 0 Å². The third kappa shape index (κ3) is 6.40. The van der Waals surface area contributed by atoms with Gasteiger partial charge in [-0.05, 0) is 50.2 Å². The number of likely N-dealkylation sites (N-methyl/N-ethyl adjacent to an activating group) is 1. The van der Waals surface area contributed by atoms with E-state index < -0.39 is 0 Å². The lowest BCUT2D eigenvalue weighted by molar-refractivity contribution is -0.121. The predicted molar refractivity (Wildman–Crippen MR) is 90.0 cm³/mol. The van der Waals surface area contributed by atoms with Gasteiger partial charge in [0.15, 0.2) is 0 Å². The van der Waals surface area contributed by atoms with E-state index >= 15 is 0 Å². The van der Waals surface area contributed by atoms with Crippen LogP contribution in [0.5, 0.6) is 5.75 Å². The van der Waals surface area contributed by atoms with Crippen LogP contribution in [0, 0.1) is 0 Å². The highest BCUT2D eigenvalue weighted by Crippen LogP contribution is 2.20. The van der Waals surface area contributed by atoms with E-state index in [-0.39, 0.29) is 11.9 Å². The molecule has 1 N–H and O–H groups in total. The first-order valence-electron chi connectivity index (χ1n) is 7.14. The first-order valence-corrected chi connectivity index (χ1v) is 8.54. The zero-order valence-electron chi connectivity index (χ0n) is 13.4. The van der Waals surface area contributed by atoms with Gasteiger partial charge in [0.05, 0.1) is 13.2 Å². The van der Waals surface area contributed by atoms with Crippen molar-refractivity contribution in [3.05, 3.63) is 29.8 Å². The van der Waals surface area contributed by atoms with E-state index in [9.17, 15) is 4.79 Å². The Morgan fingerprint density at radius 3 is 2.52 bits per heavy atom. The molecule has 0 aliphatic carbocycles. The Balaban J connectivity index is 2.55. The number of amides is 1. The van der Waals surface area contributed by atoms with Crippen molar-refractivity contribution in [2.45, 2.75) is 18.9 Å². The molecule has 5 heteroatoms. The summed E-state index contributed by atoms with van der Waals surface area (Å²) in [5.74, 6) is 2.00. The van der Waals surface area contributed by atoms with Gasteiger partial charge in [0.1, 0.15) is 5.75 Å². The molecule has 118 valence electrons. The predicted octanol–water partition coefficient (Wildman–Crippen LogP) is 2.56. The summed E-state index contributed by atoms with van der Waals surface area (Å²) in [6.07, 6.45) is 3.59. The molecule has 1 aromatic rings. The molecule has 1 aromatic carbocycles. The minimum atomic E-state index is 0.129. The molecule has 21 heavy (non-hydrogen) atoms. The van der Waals surface area contributed by atoms with Crippen molar-refractivity contribution in [3.63, 3.8) is 0 Å². The summed E-state index contributed by atoms with van der Waals surface area (Å²) in [5, 5.41) is 3.03. The van der Waals surface area contributed by atoms with E-state index in [0.29, 0.717) is 13.0 Å². The second-order valence-electron chi connectivity index (χ2n) is 5.15. The zero-order valence-corrected chi connectivity index (χ0v) is 14.2. The summed E-state index contributed by atoms with van der Waals surface area (Å²) in [7, 11) is 5.71. The first-order chi connectivity index (χ1) is 10.1. The maximum absolute atomic E-state index is 11.8. The average molecular weight is 310 g/mol. The van der Waals surface area contributed by atoms with Gasteiger partial charge in [-0.1, -0.05) is 12.1 Å². The van der Waals surface area contributed by atoms with E-state index in [0.717, 1.165) is 17.9 Å². The number of carbonyl (C=O) groups is 1. The molecule has 0 spiro atoms. The number of nitrogens with zero attached hydrogens (tertiary/aromatic N) is 1. The van der Waals surface area contributed by atoms with Crippen molar-refractivity contribution >= 4 is 17.7 Å². The smallest absolute Gasteiger partial charge is 0.220 e. The molecule has 1 rings (SSSR count). The Hall–Kier alpha value is -1.20. The minimum absolute atomic E-state index is 0.129. The fourth-order valence-corrected chi connectivity index (χ4v) is 2.53. The van der Waals surface area contributed by atoms with Gasteiger partial charge in [-0.25, -0.2) is 0 Å². The molecule has 0 aliphatic heterocycles. The lowest BCUT2D eigenvalue weighted by atomic mass is 10.1. The van der Waals surface area contributed by atoms with Gasteiger partial charge in [0.25, 0.3) is 0 Å². The number of hydrogen-bond donors (Lipinski definition) is 1. The van der Waals surface area contributed by atoms with E-state index in [1.807, 2.05) is 38.4 Å². The number of carbonyl (C=O) groups excluding carboxylic acids is 1. The second-order valence-corrected chi connectivity index (χ2v) is 6.14. The SMILES string of the molecule is COc1ccc(C(CNC(=O)CCCSC)N(C)C)cc1. The maximum Gasteiger partial charge on any atom is 0.220 e. The fourth-order valence-electron chi connectivity index (χ4n) is 2.10. The van der Waals surface area contributed by atoms with Gasteiger partial charge in [-0.3, -0.25) is 4.79 Å². The van der Waals surface area contributed by atoms with Crippen LogP contribution in [0.3, 0.4) is 0 Å². The first kappa shape index (κ1) is 17.9. The maximum atomic E-state index is 11.8. The zero-order chi connectivity index (χ0) is 15.7. The normalized spacial score (nSPS) is 12.2. The highest BCUT2D eigenvalue weighted by Gasteiger charge is 2.15. The Kier molecular flexibility index (Phi) is 8.23. The van der Waals surface area contributed by atoms with Crippen LogP contribution < -0.4 is 10.1 Å². The lowest BCUT2D eigenvalue weighted by Gasteiger charge is -2.25. The molecule has 4 nitrogen and oxygen atoms in total. The summed E-state index contributed by atoms with van der Waals surface area (Å²) in [6.45, 7) is 0.622. The summed E-state index contributed by atoms with van der Waals surface area (Å²) < 4.78 is 5.18. The molecule has 0 heterocycles. The van der Waals surface area contributed by atoms with E-state index in [2.05, 4.69) is 16.5 Å². The standard InChI is InChI=1S/C16H26N2O2S/c1-18(2)15(12-17-16(19)6-5-11-21-4)13-7-9-14(20-3)10-8-13/h7-10,15H,5-6,11-12H2,1-4H3,(H,17,19). The van der Waals surface area contributed by atoms with E-state index in [4.69, 9.17) is 4.74 Å². The second kappa shape index (κ2) is 9.68. The molecular weight excluding hydrogens is 284 g/mol. The number of rotatable bonds is 9. The van der Waals surface area contributed by atoms with Gasteiger partial charge in [-0.2, -0.15) is 11.8 Å². The fraction of sp³-hybridized carbons (Fsp3) is 0.562. The third-order valence-corrected chi connectivity index (χ3v) is 4.07. The Bertz CT molecular complexity index is 421. The number of hydrogen-bond acceptors (Lipinski definition) is 4. The van der Waals surface area contributed by atoms with Crippen LogP contribution in [-0.2, 0) is 4.79 Å². The Morgan fingerprint density at radius 2 is 2.00 bits per heavy atom. The van der Waals surface area contributed by atoms with Gasteiger partial charge in [0.2, 0.25) is 5.91 Å². The van der Waals surface area contributed by atoms with Crippen molar-refractivity contribution in [1.82, 2.24) is 10.2 Å².